The van der Waals surface area contributed by atoms with Crippen LogP contribution in [0.2, 0.25) is 5.02 Å². The van der Waals surface area contributed by atoms with Gasteiger partial charge >= 0.3 is 5.97 Å². The molecule has 0 unspecified atom stereocenters. The van der Waals surface area contributed by atoms with E-state index in [1.165, 1.54) is 16.8 Å². The van der Waals surface area contributed by atoms with Gasteiger partial charge in [0.25, 0.3) is 0 Å². The van der Waals surface area contributed by atoms with Crippen LogP contribution in [0.5, 0.6) is 0 Å². The lowest BCUT2D eigenvalue weighted by molar-refractivity contribution is 0.0691. The Morgan fingerprint density at radius 1 is 1.24 bits per heavy atom. The van der Waals surface area contributed by atoms with E-state index < -0.39 is 11.8 Å². The van der Waals surface area contributed by atoms with Crippen molar-refractivity contribution < 1.29 is 14.3 Å². The summed E-state index contributed by atoms with van der Waals surface area (Å²) in [5, 5.41) is 14.0. The Hall–Kier alpha value is -2.40. The highest BCUT2D eigenvalue weighted by Crippen LogP contribution is 2.24. The molecule has 0 amide bonds. The largest absolute Gasteiger partial charge is 0.476 e. The number of benzene rings is 2. The number of rotatable bonds is 3. The van der Waals surface area contributed by atoms with E-state index in [0.717, 1.165) is 0 Å². The summed E-state index contributed by atoms with van der Waals surface area (Å²) >= 11 is 6.00. The lowest BCUT2D eigenvalue weighted by Crippen LogP contribution is -2.06. The monoisotopic (exact) mass is 304 g/mol. The van der Waals surface area contributed by atoms with Gasteiger partial charge in [-0.25, -0.2) is 9.18 Å². The Labute approximate surface area is 124 Å². The summed E-state index contributed by atoms with van der Waals surface area (Å²) in [6.45, 7) is 0.0687. The van der Waals surface area contributed by atoms with Crippen molar-refractivity contribution >= 4 is 28.5 Å². The minimum Gasteiger partial charge on any atom is -0.476 e. The van der Waals surface area contributed by atoms with Gasteiger partial charge in [0.1, 0.15) is 5.82 Å². The van der Waals surface area contributed by atoms with Crippen molar-refractivity contribution in [2.75, 3.05) is 0 Å². The van der Waals surface area contributed by atoms with Gasteiger partial charge in [0, 0.05) is 16.0 Å². The quantitative estimate of drug-likeness (QED) is 0.804. The molecule has 0 bridgehead atoms. The third kappa shape index (κ3) is 2.36. The van der Waals surface area contributed by atoms with Crippen molar-refractivity contribution in [1.82, 2.24) is 9.78 Å². The molecule has 0 spiro atoms. The number of nitrogens with zero attached hydrogens (tertiary/aromatic N) is 2. The van der Waals surface area contributed by atoms with Gasteiger partial charge in [-0.3, -0.25) is 4.68 Å². The molecule has 1 N–H and O–H groups in total. The van der Waals surface area contributed by atoms with E-state index >= 15 is 0 Å². The summed E-state index contributed by atoms with van der Waals surface area (Å²) in [6, 6.07) is 11.3. The van der Waals surface area contributed by atoms with Crippen molar-refractivity contribution in [3.8, 4) is 0 Å². The molecule has 2 aromatic carbocycles. The Morgan fingerprint density at radius 2 is 2.00 bits per heavy atom. The lowest BCUT2D eigenvalue weighted by atomic mass is 10.2. The Balaban J connectivity index is 2.15. The third-order valence-electron chi connectivity index (χ3n) is 3.23. The standard InChI is InChI=1S/C15H10ClFN2O2/c16-11-5-3-6-12(17)10(11)8-19-13-7-2-1-4-9(13)14(18-19)15(20)21/h1-7H,8H2,(H,20,21). The maximum atomic E-state index is 13.9. The number of carbonyl (C=O) groups is 1. The first kappa shape index (κ1) is 13.6. The average molecular weight is 305 g/mol. The molecule has 0 fully saturated rings. The fourth-order valence-corrected chi connectivity index (χ4v) is 2.46. The molecule has 0 saturated carbocycles. The maximum absolute atomic E-state index is 13.9. The van der Waals surface area contributed by atoms with E-state index in [2.05, 4.69) is 5.10 Å². The summed E-state index contributed by atoms with van der Waals surface area (Å²) in [5.41, 5.74) is 0.844. The SMILES string of the molecule is O=C(O)c1nn(Cc2c(F)cccc2Cl)c2ccccc12. The molecule has 0 atom stereocenters. The van der Waals surface area contributed by atoms with Gasteiger partial charge in [0.2, 0.25) is 0 Å². The summed E-state index contributed by atoms with van der Waals surface area (Å²) in [7, 11) is 0. The van der Waals surface area contributed by atoms with Crippen LogP contribution in [0.25, 0.3) is 10.9 Å². The first-order valence-electron chi connectivity index (χ1n) is 6.19. The number of hydrogen-bond acceptors (Lipinski definition) is 2. The van der Waals surface area contributed by atoms with E-state index in [0.29, 0.717) is 10.9 Å². The topological polar surface area (TPSA) is 55.1 Å². The van der Waals surface area contributed by atoms with Crippen LogP contribution in [0.4, 0.5) is 4.39 Å². The predicted octanol–water partition coefficient (Wildman–Crippen LogP) is 3.58. The second-order valence-corrected chi connectivity index (χ2v) is 4.94. The minimum atomic E-state index is -1.12. The van der Waals surface area contributed by atoms with Crippen molar-refractivity contribution in [3.63, 3.8) is 0 Å². The van der Waals surface area contributed by atoms with E-state index in [4.69, 9.17) is 11.6 Å². The molecule has 0 aliphatic heterocycles. The molecule has 21 heavy (non-hydrogen) atoms. The molecular formula is C15H10ClFN2O2. The van der Waals surface area contributed by atoms with Gasteiger partial charge < -0.3 is 5.11 Å². The summed E-state index contributed by atoms with van der Waals surface area (Å²) in [5.74, 6) is -1.57. The number of aromatic nitrogens is 2. The molecule has 0 aliphatic rings. The lowest BCUT2D eigenvalue weighted by Gasteiger charge is -2.07. The summed E-state index contributed by atoms with van der Waals surface area (Å²) in [6.07, 6.45) is 0. The van der Waals surface area contributed by atoms with E-state index in [1.807, 2.05) is 0 Å². The van der Waals surface area contributed by atoms with Gasteiger partial charge in [-0.15, -0.1) is 0 Å². The van der Waals surface area contributed by atoms with Gasteiger partial charge in [0.15, 0.2) is 5.69 Å². The molecule has 0 aliphatic carbocycles. The van der Waals surface area contributed by atoms with E-state index in [1.54, 1.807) is 30.3 Å². The zero-order chi connectivity index (χ0) is 15.0. The van der Waals surface area contributed by atoms with E-state index in [-0.39, 0.29) is 22.8 Å². The molecule has 6 heteroatoms. The molecular weight excluding hydrogens is 295 g/mol. The molecule has 106 valence electrons. The highest BCUT2D eigenvalue weighted by molar-refractivity contribution is 6.31. The fraction of sp³-hybridized carbons (Fsp3) is 0.0667. The Bertz CT molecular complexity index is 825. The molecule has 1 aromatic heterocycles. The van der Waals surface area contributed by atoms with Crippen LogP contribution in [0.15, 0.2) is 42.5 Å². The summed E-state index contributed by atoms with van der Waals surface area (Å²) in [4.78, 5) is 11.2. The predicted molar refractivity (Wildman–Crippen MR) is 77.2 cm³/mol. The fourth-order valence-electron chi connectivity index (χ4n) is 2.24. The first-order chi connectivity index (χ1) is 10.1. The van der Waals surface area contributed by atoms with Gasteiger partial charge in [0.05, 0.1) is 12.1 Å². The summed E-state index contributed by atoms with van der Waals surface area (Å²) < 4.78 is 15.3. The van der Waals surface area contributed by atoms with Crippen LogP contribution < -0.4 is 0 Å². The molecule has 4 nitrogen and oxygen atoms in total. The second kappa shape index (κ2) is 5.18. The van der Waals surface area contributed by atoms with Gasteiger partial charge in [-0.1, -0.05) is 35.9 Å². The van der Waals surface area contributed by atoms with Gasteiger partial charge in [-0.05, 0) is 18.2 Å². The van der Waals surface area contributed by atoms with Crippen molar-refractivity contribution in [2.45, 2.75) is 6.54 Å². The Morgan fingerprint density at radius 3 is 2.71 bits per heavy atom. The smallest absolute Gasteiger partial charge is 0.357 e. The molecule has 3 aromatic rings. The molecule has 1 heterocycles. The molecule has 3 rings (SSSR count). The average Bonchev–Trinajstić information content (AvgIpc) is 2.82. The van der Waals surface area contributed by atoms with Crippen LogP contribution in [-0.4, -0.2) is 20.9 Å². The number of carboxylic acid groups (broad SMARTS) is 1. The maximum Gasteiger partial charge on any atom is 0.357 e. The Kier molecular flexibility index (Phi) is 3.35. The van der Waals surface area contributed by atoms with Crippen LogP contribution in [0, 0.1) is 5.82 Å². The number of para-hydroxylation sites is 1. The second-order valence-electron chi connectivity index (χ2n) is 4.53. The van der Waals surface area contributed by atoms with Crippen molar-refractivity contribution in [1.29, 1.82) is 0 Å². The van der Waals surface area contributed by atoms with E-state index in [9.17, 15) is 14.3 Å². The first-order valence-corrected chi connectivity index (χ1v) is 6.57. The van der Waals surface area contributed by atoms with Crippen LogP contribution >= 0.6 is 11.6 Å². The van der Waals surface area contributed by atoms with Crippen LogP contribution in [0.3, 0.4) is 0 Å². The number of hydrogen-bond donors (Lipinski definition) is 1. The normalized spacial score (nSPS) is 11.0. The number of fused-ring (bicyclic) bond motifs is 1. The van der Waals surface area contributed by atoms with Crippen molar-refractivity contribution in [3.05, 3.63) is 64.6 Å². The number of halogens is 2. The highest BCUT2D eigenvalue weighted by Gasteiger charge is 2.17. The molecule has 0 radical (unpaired) electrons. The highest BCUT2D eigenvalue weighted by atomic mass is 35.5. The number of carboxylic acids is 1. The van der Waals surface area contributed by atoms with Crippen molar-refractivity contribution in [2.24, 2.45) is 0 Å². The van der Waals surface area contributed by atoms with Crippen LogP contribution in [-0.2, 0) is 6.54 Å². The third-order valence-corrected chi connectivity index (χ3v) is 3.58. The zero-order valence-electron chi connectivity index (χ0n) is 10.8. The van der Waals surface area contributed by atoms with Gasteiger partial charge in [-0.2, -0.15) is 5.10 Å². The van der Waals surface area contributed by atoms with Crippen LogP contribution in [0.1, 0.15) is 16.1 Å². The zero-order valence-corrected chi connectivity index (χ0v) is 11.5. The molecule has 0 saturated heterocycles. The minimum absolute atomic E-state index is 0.0574. The number of aromatic carboxylic acids is 1.